The van der Waals surface area contributed by atoms with Gasteiger partial charge in [0.25, 0.3) is 0 Å². The highest BCUT2D eigenvalue weighted by Gasteiger charge is 2.12. The van der Waals surface area contributed by atoms with Crippen molar-refractivity contribution in [3.05, 3.63) is 29.6 Å². The van der Waals surface area contributed by atoms with Crippen LogP contribution in [0, 0.1) is 5.82 Å². The Kier molecular flexibility index (Phi) is 8.52. The number of aliphatic imine (C=N–C) groups is 1. The van der Waals surface area contributed by atoms with Crippen LogP contribution in [0.1, 0.15) is 44.1 Å². The Morgan fingerprint density at radius 2 is 2.00 bits per heavy atom. The van der Waals surface area contributed by atoms with E-state index in [0.29, 0.717) is 18.5 Å². The summed E-state index contributed by atoms with van der Waals surface area (Å²) >= 11 is 0. The van der Waals surface area contributed by atoms with Gasteiger partial charge in [0.2, 0.25) is 0 Å². The fourth-order valence-corrected chi connectivity index (χ4v) is 2.66. The third kappa shape index (κ3) is 5.98. The lowest BCUT2D eigenvalue weighted by Gasteiger charge is -2.16. The van der Waals surface area contributed by atoms with Crippen molar-refractivity contribution in [1.82, 2.24) is 5.32 Å². The van der Waals surface area contributed by atoms with Crippen LogP contribution in [0.4, 0.5) is 4.39 Å². The van der Waals surface area contributed by atoms with E-state index in [1.54, 1.807) is 12.1 Å². The summed E-state index contributed by atoms with van der Waals surface area (Å²) in [7, 11) is 1.45. The number of methoxy groups -OCH3 is 1. The minimum atomic E-state index is -0.375. The number of hydrogen-bond donors (Lipinski definition) is 2. The van der Waals surface area contributed by atoms with Crippen LogP contribution in [0.25, 0.3) is 0 Å². The first-order chi connectivity index (χ1) is 10.2. The standard InChI is InChI=1S/C16H24FN3O.HI/c1-21-15-9-8-12(10-14(15)17)11-19-16(18)20-13-6-4-2-3-5-7-13;/h8-10,13H,2-7,11H2,1H3,(H3,18,19,20);1H. The van der Waals surface area contributed by atoms with Crippen LogP contribution in [0.15, 0.2) is 23.2 Å². The molecule has 0 aliphatic heterocycles. The molecule has 124 valence electrons. The van der Waals surface area contributed by atoms with Gasteiger partial charge in [-0.3, -0.25) is 0 Å². The number of benzene rings is 1. The Hall–Kier alpha value is -1.05. The summed E-state index contributed by atoms with van der Waals surface area (Å²) in [6, 6.07) is 5.25. The first kappa shape index (κ1) is 19.0. The molecule has 1 aliphatic carbocycles. The van der Waals surface area contributed by atoms with E-state index in [4.69, 9.17) is 10.5 Å². The highest BCUT2D eigenvalue weighted by Crippen LogP contribution is 2.18. The van der Waals surface area contributed by atoms with Gasteiger partial charge in [0, 0.05) is 6.04 Å². The van der Waals surface area contributed by atoms with Crippen molar-refractivity contribution in [2.75, 3.05) is 7.11 Å². The molecule has 0 unspecified atom stereocenters. The van der Waals surface area contributed by atoms with E-state index < -0.39 is 0 Å². The smallest absolute Gasteiger partial charge is 0.189 e. The number of nitrogens with zero attached hydrogens (tertiary/aromatic N) is 1. The van der Waals surface area contributed by atoms with Gasteiger partial charge in [-0.2, -0.15) is 0 Å². The molecule has 0 aromatic heterocycles. The van der Waals surface area contributed by atoms with E-state index in [1.165, 1.54) is 38.9 Å². The Bertz CT molecular complexity index is 488. The molecule has 6 heteroatoms. The van der Waals surface area contributed by atoms with Crippen LogP contribution in [-0.4, -0.2) is 19.1 Å². The monoisotopic (exact) mass is 421 g/mol. The highest BCUT2D eigenvalue weighted by molar-refractivity contribution is 14.0. The first-order valence-corrected chi connectivity index (χ1v) is 7.58. The average Bonchev–Trinajstić information content (AvgIpc) is 2.74. The maximum absolute atomic E-state index is 13.6. The molecule has 0 spiro atoms. The molecule has 1 saturated carbocycles. The molecule has 1 aliphatic rings. The molecule has 2 rings (SSSR count). The number of guanidine groups is 1. The lowest BCUT2D eigenvalue weighted by Crippen LogP contribution is -2.39. The average molecular weight is 421 g/mol. The predicted molar refractivity (Wildman–Crippen MR) is 98.3 cm³/mol. The van der Waals surface area contributed by atoms with Crippen LogP contribution >= 0.6 is 24.0 Å². The van der Waals surface area contributed by atoms with Crippen LogP contribution in [0.5, 0.6) is 5.75 Å². The van der Waals surface area contributed by atoms with Gasteiger partial charge >= 0.3 is 0 Å². The third-order valence-corrected chi connectivity index (χ3v) is 3.86. The third-order valence-electron chi connectivity index (χ3n) is 3.86. The molecule has 0 radical (unpaired) electrons. The molecule has 22 heavy (non-hydrogen) atoms. The molecule has 1 fully saturated rings. The van der Waals surface area contributed by atoms with Gasteiger partial charge in [-0.15, -0.1) is 24.0 Å². The van der Waals surface area contributed by atoms with E-state index in [-0.39, 0.29) is 35.5 Å². The number of ether oxygens (including phenoxy) is 1. The number of rotatable bonds is 4. The predicted octanol–water partition coefficient (Wildman–Crippen LogP) is 3.58. The van der Waals surface area contributed by atoms with Gasteiger partial charge in [0.05, 0.1) is 13.7 Å². The second-order valence-corrected chi connectivity index (χ2v) is 5.50. The quantitative estimate of drug-likeness (QED) is 0.338. The normalized spacial score (nSPS) is 16.5. The number of nitrogens with one attached hydrogen (secondary N) is 1. The largest absolute Gasteiger partial charge is 0.494 e. The zero-order chi connectivity index (χ0) is 15.1. The summed E-state index contributed by atoms with van der Waals surface area (Å²) < 4.78 is 18.5. The van der Waals surface area contributed by atoms with Gasteiger partial charge < -0.3 is 15.8 Å². The van der Waals surface area contributed by atoms with Crippen molar-refractivity contribution in [3.8, 4) is 5.75 Å². The van der Waals surface area contributed by atoms with Gasteiger partial charge in [0.1, 0.15) is 0 Å². The van der Waals surface area contributed by atoms with Crippen molar-refractivity contribution >= 4 is 29.9 Å². The van der Waals surface area contributed by atoms with Crippen molar-refractivity contribution in [3.63, 3.8) is 0 Å². The number of nitrogens with two attached hydrogens (primary N) is 1. The minimum absolute atomic E-state index is 0. The molecule has 0 amide bonds. The molecule has 0 saturated heterocycles. The van der Waals surface area contributed by atoms with Gasteiger partial charge in [0.15, 0.2) is 17.5 Å². The second kappa shape index (κ2) is 9.86. The molecule has 3 N–H and O–H groups in total. The SMILES string of the molecule is COc1ccc(CN=C(N)NC2CCCCCC2)cc1F.I. The van der Waals surface area contributed by atoms with Crippen LogP contribution in [-0.2, 0) is 6.54 Å². The van der Waals surface area contributed by atoms with Crippen LogP contribution in [0.3, 0.4) is 0 Å². The summed E-state index contributed by atoms with van der Waals surface area (Å²) in [5, 5.41) is 3.28. The van der Waals surface area contributed by atoms with E-state index in [0.717, 1.165) is 18.4 Å². The molecule has 0 bridgehead atoms. The van der Waals surface area contributed by atoms with E-state index in [9.17, 15) is 4.39 Å². The van der Waals surface area contributed by atoms with Crippen molar-refractivity contribution in [2.24, 2.45) is 10.7 Å². The summed E-state index contributed by atoms with van der Waals surface area (Å²) in [4.78, 5) is 4.29. The summed E-state index contributed by atoms with van der Waals surface area (Å²) in [6.07, 6.45) is 7.39. The molecule has 0 heterocycles. The van der Waals surface area contributed by atoms with Crippen molar-refractivity contribution in [1.29, 1.82) is 0 Å². The Morgan fingerprint density at radius 1 is 1.32 bits per heavy atom. The fourth-order valence-electron chi connectivity index (χ4n) is 2.66. The number of halogens is 2. The molecule has 1 aromatic carbocycles. The van der Waals surface area contributed by atoms with E-state index in [1.807, 2.05) is 0 Å². The molecular formula is C16H25FIN3O. The van der Waals surface area contributed by atoms with E-state index in [2.05, 4.69) is 10.3 Å². The van der Waals surface area contributed by atoms with Crippen molar-refractivity contribution in [2.45, 2.75) is 51.1 Å². The maximum atomic E-state index is 13.6. The first-order valence-electron chi connectivity index (χ1n) is 7.58. The van der Waals surface area contributed by atoms with Gasteiger partial charge in [-0.25, -0.2) is 9.38 Å². The summed E-state index contributed by atoms with van der Waals surface area (Å²) in [5.41, 5.74) is 6.69. The zero-order valence-corrected chi connectivity index (χ0v) is 15.3. The van der Waals surface area contributed by atoms with Crippen LogP contribution in [0.2, 0.25) is 0 Å². The Morgan fingerprint density at radius 3 is 2.59 bits per heavy atom. The molecule has 4 nitrogen and oxygen atoms in total. The van der Waals surface area contributed by atoms with Gasteiger partial charge in [-0.05, 0) is 30.5 Å². The number of hydrogen-bond acceptors (Lipinski definition) is 2. The Labute approximate surface area is 148 Å². The fraction of sp³-hybridized carbons (Fsp3) is 0.562. The summed E-state index contributed by atoms with van der Waals surface area (Å²) in [6.45, 7) is 0.368. The molecule has 1 aromatic rings. The van der Waals surface area contributed by atoms with Crippen molar-refractivity contribution < 1.29 is 9.13 Å². The van der Waals surface area contributed by atoms with Gasteiger partial charge in [-0.1, -0.05) is 31.7 Å². The van der Waals surface area contributed by atoms with Crippen LogP contribution < -0.4 is 15.8 Å². The second-order valence-electron chi connectivity index (χ2n) is 5.50. The maximum Gasteiger partial charge on any atom is 0.189 e. The zero-order valence-electron chi connectivity index (χ0n) is 13.0. The molecular weight excluding hydrogens is 396 g/mol. The highest BCUT2D eigenvalue weighted by atomic mass is 127. The topological polar surface area (TPSA) is 59.6 Å². The lowest BCUT2D eigenvalue weighted by atomic mass is 10.1. The Balaban J connectivity index is 0.00000242. The van der Waals surface area contributed by atoms with E-state index >= 15 is 0 Å². The minimum Gasteiger partial charge on any atom is -0.494 e. The lowest BCUT2D eigenvalue weighted by molar-refractivity contribution is 0.386. The molecule has 0 atom stereocenters. The summed E-state index contributed by atoms with van der Waals surface area (Å²) in [5.74, 6) is 0.311.